The number of aryl methyl sites for hydroxylation is 1. The highest BCUT2D eigenvalue weighted by atomic mass is 32.2. The Morgan fingerprint density at radius 2 is 2.00 bits per heavy atom. The van der Waals surface area contributed by atoms with Gasteiger partial charge < -0.3 is 11.1 Å². The number of nitrogens with two attached hydrogens (primary N) is 1. The number of hydrogen-bond acceptors (Lipinski definition) is 3. The van der Waals surface area contributed by atoms with Crippen molar-refractivity contribution in [2.24, 2.45) is 5.73 Å². The van der Waals surface area contributed by atoms with Gasteiger partial charge in [-0.2, -0.15) is 0 Å². The summed E-state index contributed by atoms with van der Waals surface area (Å²) in [6.45, 7) is 2.31. The fourth-order valence-corrected chi connectivity index (χ4v) is 1.96. The van der Waals surface area contributed by atoms with Gasteiger partial charge in [0.1, 0.15) is 5.75 Å². The Hall–Kier alpha value is -1.20. The summed E-state index contributed by atoms with van der Waals surface area (Å²) in [5.41, 5.74) is 7.10. The van der Waals surface area contributed by atoms with Gasteiger partial charge in [-0.15, -0.1) is 0 Å². The number of anilines is 1. The molecule has 1 amide bonds. The van der Waals surface area contributed by atoms with Crippen LogP contribution in [0.3, 0.4) is 0 Å². The van der Waals surface area contributed by atoms with Gasteiger partial charge in [-0.05, 0) is 19.1 Å². The molecule has 1 unspecified atom stereocenters. The molecular formula is C11H16N2O2S. The minimum absolute atomic E-state index is 0.00504. The third kappa shape index (κ3) is 4.55. The molecular weight excluding hydrogens is 224 g/mol. The summed E-state index contributed by atoms with van der Waals surface area (Å²) >= 11 is 0. The normalized spacial score (nSPS) is 12.1. The smallest absolute Gasteiger partial charge is 0.236 e. The van der Waals surface area contributed by atoms with E-state index < -0.39 is 10.8 Å². The molecule has 88 valence electrons. The van der Waals surface area contributed by atoms with Gasteiger partial charge in [0.2, 0.25) is 5.91 Å². The van der Waals surface area contributed by atoms with E-state index in [1.54, 1.807) is 0 Å². The SMILES string of the molecule is Cc1ccc(NC(=O)CS(=O)CCN)cc1. The predicted octanol–water partition coefficient (Wildman–Crippen LogP) is 0.641. The van der Waals surface area contributed by atoms with E-state index in [0.29, 0.717) is 12.3 Å². The minimum atomic E-state index is -1.17. The van der Waals surface area contributed by atoms with Gasteiger partial charge in [-0.3, -0.25) is 9.00 Å². The summed E-state index contributed by atoms with van der Waals surface area (Å²) in [5, 5.41) is 2.69. The van der Waals surface area contributed by atoms with Crippen LogP contribution in [0.2, 0.25) is 0 Å². The van der Waals surface area contributed by atoms with Crippen molar-refractivity contribution in [3.8, 4) is 0 Å². The Morgan fingerprint density at radius 3 is 2.56 bits per heavy atom. The van der Waals surface area contributed by atoms with Crippen molar-refractivity contribution in [1.29, 1.82) is 0 Å². The number of benzene rings is 1. The topological polar surface area (TPSA) is 72.2 Å². The highest BCUT2D eigenvalue weighted by molar-refractivity contribution is 7.85. The first kappa shape index (κ1) is 12.9. The first-order valence-electron chi connectivity index (χ1n) is 5.03. The van der Waals surface area contributed by atoms with E-state index >= 15 is 0 Å². The molecule has 0 saturated carbocycles. The number of nitrogens with one attached hydrogen (secondary N) is 1. The maximum atomic E-state index is 11.4. The predicted molar refractivity (Wildman–Crippen MR) is 66.7 cm³/mol. The molecule has 16 heavy (non-hydrogen) atoms. The maximum absolute atomic E-state index is 11.4. The van der Waals surface area contributed by atoms with Crippen molar-refractivity contribution in [3.63, 3.8) is 0 Å². The lowest BCUT2D eigenvalue weighted by Gasteiger charge is -2.05. The van der Waals surface area contributed by atoms with Gasteiger partial charge in [-0.25, -0.2) is 0 Å². The van der Waals surface area contributed by atoms with Crippen molar-refractivity contribution in [3.05, 3.63) is 29.8 Å². The van der Waals surface area contributed by atoms with Gasteiger partial charge in [0.15, 0.2) is 0 Å². The lowest BCUT2D eigenvalue weighted by molar-refractivity contribution is -0.113. The molecule has 1 rings (SSSR count). The van der Waals surface area contributed by atoms with Gasteiger partial charge in [0, 0.05) is 28.8 Å². The van der Waals surface area contributed by atoms with E-state index in [-0.39, 0.29) is 11.7 Å². The van der Waals surface area contributed by atoms with Crippen LogP contribution in [0.4, 0.5) is 5.69 Å². The number of amides is 1. The van der Waals surface area contributed by atoms with Crippen molar-refractivity contribution in [2.45, 2.75) is 6.92 Å². The second-order valence-electron chi connectivity index (χ2n) is 3.49. The van der Waals surface area contributed by atoms with Crippen LogP contribution >= 0.6 is 0 Å². The zero-order valence-corrected chi connectivity index (χ0v) is 10.0. The van der Waals surface area contributed by atoms with Gasteiger partial charge in [0.25, 0.3) is 0 Å². The van der Waals surface area contributed by atoms with E-state index in [1.165, 1.54) is 0 Å². The monoisotopic (exact) mass is 240 g/mol. The summed E-state index contributed by atoms with van der Waals surface area (Å²) < 4.78 is 11.3. The third-order valence-corrected chi connectivity index (χ3v) is 3.25. The molecule has 0 bridgehead atoms. The van der Waals surface area contributed by atoms with Gasteiger partial charge in [0.05, 0.1) is 0 Å². The quantitative estimate of drug-likeness (QED) is 0.793. The molecule has 0 saturated heterocycles. The highest BCUT2D eigenvalue weighted by Crippen LogP contribution is 2.08. The highest BCUT2D eigenvalue weighted by Gasteiger charge is 2.07. The molecule has 1 aromatic rings. The molecule has 3 N–H and O–H groups in total. The zero-order valence-electron chi connectivity index (χ0n) is 9.23. The van der Waals surface area contributed by atoms with Crippen LogP contribution in [0.1, 0.15) is 5.56 Å². The summed E-state index contributed by atoms with van der Waals surface area (Å²) in [5.74, 6) is 0.127. The number of carbonyl (C=O) groups is 1. The summed E-state index contributed by atoms with van der Waals surface area (Å²) in [4.78, 5) is 11.4. The molecule has 0 aliphatic rings. The number of carbonyl (C=O) groups excluding carboxylic acids is 1. The lowest BCUT2D eigenvalue weighted by Crippen LogP contribution is -2.23. The molecule has 0 fully saturated rings. The van der Waals surface area contributed by atoms with E-state index in [4.69, 9.17) is 5.73 Å². The van der Waals surface area contributed by atoms with Gasteiger partial charge in [-0.1, -0.05) is 17.7 Å². The molecule has 0 radical (unpaired) electrons. The number of rotatable bonds is 5. The molecule has 4 nitrogen and oxygen atoms in total. The largest absolute Gasteiger partial charge is 0.330 e. The summed E-state index contributed by atoms with van der Waals surface area (Å²) in [7, 11) is -1.17. The van der Waals surface area contributed by atoms with Crippen molar-refractivity contribution < 1.29 is 9.00 Å². The van der Waals surface area contributed by atoms with Crippen LogP contribution in [0.5, 0.6) is 0 Å². The standard InChI is InChI=1S/C11H16N2O2S/c1-9-2-4-10(5-3-9)13-11(14)8-16(15)7-6-12/h2-5H,6-8,12H2,1H3,(H,13,14). The maximum Gasteiger partial charge on any atom is 0.236 e. The van der Waals surface area contributed by atoms with Crippen LogP contribution in [0.25, 0.3) is 0 Å². The molecule has 5 heteroatoms. The first-order chi connectivity index (χ1) is 7.61. The third-order valence-electron chi connectivity index (χ3n) is 1.97. The molecule has 0 aromatic heterocycles. The second kappa shape index (κ2) is 6.40. The van der Waals surface area contributed by atoms with Crippen LogP contribution < -0.4 is 11.1 Å². The van der Waals surface area contributed by atoms with Gasteiger partial charge >= 0.3 is 0 Å². The van der Waals surface area contributed by atoms with Crippen LogP contribution in [-0.2, 0) is 15.6 Å². The van der Waals surface area contributed by atoms with E-state index in [0.717, 1.165) is 11.3 Å². The molecule has 0 aliphatic carbocycles. The average molecular weight is 240 g/mol. The Labute approximate surface area is 97.7 Å². The zero-order chi connectivity index (χ0) is 12.0. The fourth-order valence-electron chi connectivity index (χ4n) is 1.18. The second-order valence-corrected chi connectivity index (χ2v) is 5.07. The van der Waals surface area contributed by atoms with Crippen LogP contribution in [0, 0.1) is 6.92 Å². The Morgan fingerprint density at radius 1 is 1.38 bits per heavy atom. The minimum Gasteiger partial charge on any atom is -0.330 e. The van der Waals surface area contributed by atoms with Crippen molar-refractivity contribution >= 4 is 22.4 Å². The van der Waals surface area contributed by atoms with E-state index in [2.05, 4.69) is 5.32 Å². The van der Waals surface area contributed by atoms with Crippen LogP contribution in [0.15, 0.2) is 24.3 Å². The first-order valence-corrected chi connectivity index (χ1v) is 6.52. The lowest BCUT2D eigenvalue weighted by atomic mass is 10.2. The van der Waals surface area contributed by atoms with E-state index in [9.17, 15) is 9.00 Å². The molecule has 0 aliphatic heterocycles. The fraction of sp³-hybridized carbons (Fsp3) is 0.364. The Bertz CT molecular complexity index is 376. The Kier molecular flexibility index (Phi) is 5.14. The van der Waals surface area contributed by atoms with E-state index in [1.807, 2.05) is 31.2 Å². The molecule has 1 atom stereocenters. The average Bonchev–Trinajstić information content (AvgIpc) is 2.21. The van der Waals surface area contributed by atoms with Crippen molar-refractivity contribution in [2.75, 3.05) is 23.4 Å². The molecule has 0 heterocycles. The molecule has 1 aromatic carbocycles. The summed E-state index contributed by atoms with van der Waals surface area (Å²) in [6.07, 6.45) is 0. The van der Waals surface area contributed by atoms with Crippen molar-refractivity contribution in [1.82, 2.24) is 0 Å². The Balaban J connectivity index is 2.45. The molecule has 0 spiro atoms. The summed E-state index contributed by atoms with van der Waals surface area (Å²) in [6, 6.07) is 7.46. The number of hydrogen-bond donors (Lipinski definition) is 2. The van der Waals surface area contributed by atoms with Crippen LogP contribution in [-0.4, -0.2) is 28.2 Å².